The summed E-state index contributed by atoms with van der Waals surface area (Å²) in [5.41, 5.74) is 0.949. The largest absolute Gasteiger partial charge is 0.463 e. The summed E-state index contributed by atoms with van der Waals surface area (Å²) >= 11 is 0. The molecule has 2 heteroatoms. The smallest absolute Gasteiger partial charge is 0.144 e. The van der Waals surface area contributed by atoms with Crippen LogP contribution in [0.15, 0.2) is 40.8 Å². The fourth-order valence-electron chi connectivity index (χ4n) is 1.72. The van der Waals surface area contributed by atoms with Crippen molar-refractivity contribution in [3.05, 3.63) is 59.0 Å². The van der Waals surface area contributed by atoms with Gasteiger partial charge < -0.3 is 9.52 Å². The van der Waals surface area contributed by atoms with E-state index in [-0.39, 0.29) is 0 Å². The van der Waals surface area contributed by atoms with E-state index in [1.54, 1.807) is 6.92 Å². The summed E-state index contributed by atoms with van der Waals surface area (Å²) in [5, 5.41) is 10.5. The van der Waals surface area contributed by atoms with E-state index in [0.29, 0.717) is 5.76 Å². The molecule has 0 bridgehead atoms. The van der Waals surface area contributed by atoms with Crippen LogP contribution in [0.2, 0.25) is 0 Å². The van der Waals surface area contributed by atoms with Gasteiger partial charge in [-0.1, -0.05) is 29.8 Å². The van der Waals surface area contributed by atoms with Crippen LogP contribution < -0.4 is 0 Å². The predicted molar refractivity (Wildman–Crippen MR) is 63.3 cm³/mol. The second-order valence-corrected chi connectivity index (χ2v) is 4.35. The summed E-state index contributed by atoms with van der Waals surface area (Å²) in [6.07, 6.45) is 0. The lowest BCUT2D eigenvalue weighted by atomic mass is 9.93. The van der Waals surface area contributed by atoms with Crippen molar-refractivity contribution in [2.45, 2.75) is 26.4 Å². The van der Waals surface area contributed by atoms with Crippen molar-refractivity contribution in [1.29, 1.82) is 0 Å². The summed E-state index contributed by atoms with van der Waals surface area (Å²) in [5.74, 6) is 1.39. The molecule has 2 nitrogen and oxygen atoms in total. The third-order valence-electron chi connectivity index (χ3n) is 2.83. The van der Waals surface area contributed by atoms with Crippen molar-refractivity contribution >= 4 is 0 Å². The van der Waals surface area contributed by atoms with Gasteiger partial charge in [-0.05, 0) is 38.5 Å². The highest BCUT2D eigenvalue weighted by atomic mass is 16.4. The highest BCUT2D eigenvalue weighted by Gasteiger charge is 2.28. The number of benzene rings is 1. The fourth-order valence-corrected chi connectivity index (χ4v) is 1.72. The molecule has 1 aromatic carbocycles. The monoisotopic (exact) mass is 216 g/mol. The molecule has 0 radical (unpaired) electrons. The molecule has 0 saturated heterocycles. The average Bonchev–Trinajstić information content (AvgIpc) is 2.66. The Kier molecular flexibility index (Phi) is 2.60. The Labute approximate surface area is 95.5 Å². The Balaban J connectivity index is 2.42. The van der Waals surface area contributed by atoms with E-state index >= 15 is 0 Å². The third kappa shape index (κ3) is 1.89. The molecule has 0 saturated carbocycles. The fraction of sp³-hybridized carbons (Fsp3) is 0.286. The van der Waals surface area contributed by atoms with Crippen LogP contribution in [0, 0.1) is 13.8 Å². The second kappa shape index (κ2) is 3.80. The topological polar surface area (TPSA) is 33.4 Å². The Morgan fingerprint density at radius 2 is 1.62 bits per heavy atom. The SMILES string of the molecule is Cc1ccc(C(C)(O)c2ccc(C)o2)cc1. The summed E-state index contributed by atoms with van der Waals surface area (Å²) in [6, 6.07) is 11.5. The Morgan fingerprint density at radius 1 is 1.00 bits per heavy atom. The van der Waals surface area contributed by atoms with Crippen LogP contribution in [-0.2, 0) is 5.60 Å². The second-order valence-electron chi connectivity index (χ2n) is 4.35. The first-order chi connectivity index (χ1) is 7.50. The molecular weight excluding hydrogens is 200 g/mol. The minimum absolute atomic E-state index is 0.578. The van der Waals surface area contributed by atoms with Crippen LogP contribution in [0.5, 0.6) is 0 Å². The van der Waals surface area contributed by atoms with Crippen LogP contribution in [0.1, 0.15) is 29.6 Å². The molecule has 2 aromatic rings. The van der Waals surface area contributed by atoms with E-state index in [4.69, 9.17) is 4.42 Å². The number of furan rings is 1. The Bertz CT molecular complexity index is 478. The lowest BCUT2D eigenvalue weighted by molar-refractivity contribution is 0.0758. The van der Waals surface area contributed by atoms with Crippen LogP contribution in [0.4, 0.5) is 0 Å². The van der Waals surface area contributed by atoms with Gasteiger partial charge in [0.2, 0.25) is 0 Å². The number of aliphatic hydroxyl groups is 1. The van der Waals surface area contributed by atoms with E-state index in [2.05, 4.69) is 0 Å². The lowest BCUT2D eigenvalue weighted by Gasteiger charge is -2.21. The number of rotatable bonds is 2. The van der Waals surface area contributed by atoms with E-state index in [1.807, 2.05) is 50.2 Å². The van der Waals surface area contributed by atoms with Crippen molar-refractivity contribution in [3.8, 4) is 0 Å². The molecule has 1 heterocycles. The van der Waals surface area contributed by atoms with Gasteiger partial charge in [0.05, 0.1) is 0 Å². The van der Waals surface area contributed by atoms with Gasteiger partial charge in [0.25, 0.3) is 0 Å². The Hall–Kier alpha value is -1.54. The molecule has 16 heavy (non-hydrogen) atoms. The van der Waals surface area contributed by atoms with Crippen LogP contribution >= 0.6 is 0 Å². The van der Waals surface area contributed by atoms with E-state index in [0.717, 1.165) is 11.3 Å². The molecule has 1 aromatic heterocycles. The van der Waals surface area contributed by atoms with Crippen LogP contribution in [-0.4, -0.2) is 5.11 Å². The number of hydrogen-bond acceptors (Lipinski definition) is 2. The van der Waals surface area contributed by atoms with Crippen molar-refractivity contribution in [2.75, 3.05) is 0 Å². The zero-order valence-electron chi connectivity index (χ0n) is 9.82. The maximum Gasteiger partial charge on any atom is 0.144 e. The summed E-state index contributed by atoms with van der Waals surface area (Å²) in [7, 11) is 0. The lowest BCUT2D eigenvalue weighted by Crippen LogP contribution is -2.21. The van der Waals surface area contributed by atoms with Crippen molar-refractivity contribution < 1.29 is 9.52 Å². The van der Waals surface area contributed by atoms with Gasteiger partial charge in [-0.2, -0.15) is 0 Å². The maximum atomic E-state index is 10.5. The quantitative estimate of drug-likeness (QED) is 0.836. The Morgan fingerprint density at radius 3 is 2.12 bits per heavy atom. The number of aryl methyl sites for hydroxylation is 2. The van der Waals surface area contributed by atoms with Gasteiger partial charge in [0, 0.05) is 0 Å². The minimum Gasteiger partial charge on any atom is -0.463 e. The highest BCUT2D eigenvalue weighted by Crippen LogP contribution is 2.30. The molecule has 0 aliphatic heterocycles. The molecule has 1 unspecified atom stereocenters. The normalized spacial score (nSPS) is 14.8. The molecule has 0 aliphatic rings. The summed E-state index contributed by atoms with van der Waals surface area (Å²) < 4.78 is 5.48. The molecule has 84 valence electrons. The first-order valence-electron chi connectivity index (χ1n) is 5.36. The van der Waals surface area contributed by atoms with Crippen LogP contribution in [0.25, 0.3) is 0 Å². The molecule has 0 spiro atoms. The van der Waals surface area contributed by atoms with Gasteiger partial charge >= 0.3 is 0 Å². The molecule has 2 rings (SSSR count). The zero-order valence-corrected chi connectivity index (χ0v) is 9.82. The van der Waals surface area contributed by atoms with Crippen molar-refractivity contribution in [3.63, 3.8) is 0 Å². The standard InChI is InChI=1S/C14H16O2/c1-10-4-7-12(8-5-10)14(3,15)13-9-6-11(2)16-13/h4-9,15H,1-3H3. The maximum absolute atomic E-state index is 10.5. The van der Waals surface area contributed by atoms with Crippen molar-refractivity contribution in [1.82, 2.24) is 0 Å². The molecule has 0 amide bonds. The molecule has 0 fully saturated rings. The third-order valence-corrected chi connectivity index (χ3v) is 2.83. The molecule has 0 aliphatic carbocycles. The average molecular weight is 216 g/mol. The minimum atomic E-state index is -1.07. The molecular formula is C14H16O2. The van der Waals surface area contributed by atoms with Gasteiger partial charge in [-0.3, -0.25) is 0 Å². The molecule has 1 N–H and O–H groups in total. The van der Waals surface area contributed by atoms with Gasteiger partial charge in [0.15, 0.2) is 0 Å². The number of hydrogen-bond donors (Lipinski definition) is 1. The molecule has 1 atom stereocenters. The predicted octanol–water partition coefficient (Wildman–Crippen LogP) is 3.15. The highest BCUT2D eigenvalue weighted by molar-refractivity contribution is 5.32. The van der Waals surface area contributed by atoms with E-state index < -0.39 is 5.60 Å². The summed E-state index contributed by atoms with van der Waals surface area (Å²) in [6.45, 7) is 5.64. The first-order valence-corrected chi connectivity index (χ1v) is 5.36. The van der Waals surface area contributed by atoms with Gasteiger partial charge in [0.1, 0.15) is 17.1 Å². The van der Waals surface area contributed by atoms with Crippen molar-refractivity contribution in [2.24, 2.45) is 0 Å². The first kappa shape index (κ1) is 11.0. The van der Waals surface area contributed by atoms with Gasteiger partial charge in [-0.15, -0.1) is 0 Å². The van der Waals surface area contributed by atoms with Gasteiger partial charge in [-0.25, -0.2) is 0 Å². The zero-order chi connectivity index (χ0) is 11.8. The van der Waals surface area contributed by atoms with E-state index in [9.17, 15) is 5.11 Å². The van der Waals surface area contributed by atoms with E-state index in [1.165, 1.54) is 5.56 Å². The van der Waals surface area contributed by atoms with Crippen LogP contribution in [0.3, 0.4) is 0 Å². The summed E-state index contributed by atoms with van der Waals surface area (Å²) in [4.78, 5) is 0.